The van der Waals surface area contributed by atoms with E-state index in [4.69, 9.17) is 4.74 Å². The molecule has 0 fully saturated rings. The van der Waals surface area contributed by atoms with Gasteiger partial charge in [0.05, 0.1) is 12.3 Å². The first-order valence-electron chi connectivity index (χ1n) is 9.26. The number of carbonyl (C=O) groups excluding carboxylic acids is 1. The third-order valence-electron chi connectivity index (χ3n) is 5.35. The number of carbonyl (C=O) groups is 1. The van der Waals surface area contributed by atoms with Crippen LogP contribution in [0.1, 0.15) is 46.6 Å². The van der Waals surface area contributed by atoms with Gasteiger partial charge in [0.15, 0.2) is 0 Å². The maximum atomic E-state index is 12.8. The van der Waals surface area contributed by atoms with Crippen LogP contribution in [0.25, 0.3) is 0 Å². The fourth-order valence-corrected chi connectivity index (χ4v) is 4.02. The van der Waals surface area contributed by atoms with E-state index in [1.165, 1.54) is 12.0 Å². The number of aryl methyl sites for hydroxylation is 2. The van der Waals surface area contributed by atoms with Crippen molar-refractivity contribution in [1.29, 1.82) is 0 Å². The van der Waals surface area contributed by atoms with Gasteiger partial charge in [0.2, 0.25) is 0 Å². The molecule has 1 aliphatic carbocycles. The zero-order chi connectivity index (χ0) is 17.2. The number of benzene rings is 1. The van der Waals surface area contributed by atoms with Crippen LogP contribution in [0.2, 0.25) is 0 Å². The Morgan fingerprint density at radius 2 is 2.16 bits per heavy atom. The molecule has 1 aromatic carbocycles. The Hall–Kier alpha value is -2.30. The molecule has 2 aromatic rings. The van der Waals surface area contributed by atoms with Crippen molar-refractivity contribution < 1.29 is 9.53 Å². The lowest BCUT2D eigenvalue weighted by molar-refractivity contribution is 0.0935. The molecule has 1 N–H and O–H groups in total. The maximum absolute atomic E-state index is 12.8. The monoisotopic (exact) mass is 339 g/mol. The molecular weight excluding hydrogens is 314 g/mol. The molecule has 0 saturated carbocycles. The summed E-state index contributed by atoms with van der Waals surface area (Å²) >= 11 is 0. The summed E-state index contributed by atoms with van der Waals surface area (Å²) in [6.07, 6.45) is 6.18. The van der Waals surface area contributed by atoms with Crippen molar-refractivity contribution in [2.24, 2.45) is 13.0 Å². The first-order chi connectivity index (χ1) is 12.2. The number of para-hydroxylation sites is 1. The highest BCUT2D eigenvalue weighted by molar-refractivity contribution is 5.94. The number of aromatic nitrogens is 2. The van der Waals surface area contributed by atoms with E-state index >= 15 is 0 Å². The van der Waals surface area contributed by atoms with Crippen LogP contribution in [0.3, 0.4) is 0 Å². The van der Waals surface area contributed by atoms with Crippen molar-refractivity contribution in [3.05, 3.63) is 46.8 Å². The fraction of sp³-hybridized carbons (Fsp3) is 0.500. The molecule has 0 bridgehead atoms. The predicted molar refractivity (Wildman–Crippen MR) is 95.9 cm³/mol. The fourth-order valence-electron chi connectivity index (χ4n) is 4.02. The van der Waals surface area contributed by atoms with Crippen molar-refractivity contribution >= 4 is 5.91 Å². The number of hydrogen-bond acceptors (Lipinski definition) is 3. The van der Waals surface area contributed by atoms with Crippen molar-refractivity contribution in [2.45, 2.75) is 38.5 Å². The molecule has 0 spiro atoms. The Morgan fingerprint density at radius 1 is 1.32 bits per heavy atom. The van der Waals surface area contributed by atoms with Gasteiger partial charge >= 0.3 is 0 Å². The lowest BCUT2D eigenvalue weighted by Crippen LogP contribution is -2.32. The van der Waals surface area contributed by atoms with Crippen LogP contribution in [-0.2, 0) is 26.3 Å². The molecule has 1 aliphatic heterocycles. The molecule has 0 unspecified atom stereocenters. The topological polar surface area (TPSA) is 56.2 Å². The Kier molecular flexibility index (Phi) is 4.47. The molecule has 0 radical (unpaired) electrons. The van der Waals surface area contributed by atoms with Crippen molar-refractivity contribution in [3.8, 4) is 5.75 Å². The zero-order valence-electron chi connectivity index (χ0n) is 14.8. The molecule has 1 amide bonds. The minimum atomic E-state index is 0.0107. The van der Waals surface area contributed by atoms with E-state index in [2.05, 4.69) is 16.5 Å². The Morgan fingerprint density at radius 3 is 3.08 bits per heavy atom. The maximum Gasteiger partial charge on any atom is 0.269 e. The zero-order valence-corrected chi connectivity index (χ0v) is 14.8. The highest BCUT2D eigenvalue weighted by Crippen LogP contribution is 2.27. The lowest BCUT2D eigenvalue weighted by atomic mass is 9.95. The van der Waals surface area contributed by atoms with Gasteiger partial charge in [0.1, 0.15) is 11.4 Å². The summed E-state index contributed by atoms with van der Waals surface area (Å²) in [5, 5.41) is 7.70. The second-order valence-corrected chi connectivity index (χ2v) is 7.13. The minimum Gasteiger partial charge on any atom is -0.493 e. The average Bonchev–Trinajstić information content (AvgIpc) is 2.82. The third-order valence-corrected chi connectivity index (χ3v) is 5.35. The summed E-state index contributed by atoms with van der Waals surface area (Å²) in [5.41, 5.74) is 4.24. The lowest BCUT2D eigenvalue weighted by Gasteiger charge is -2.16. The first-order valence-corrected chi connectivity index (χ1v) is 9.26. The van der Waals surface area contributed by atoms with Gasteiger partial charge in [-0.05, 0) is 56.1 Å². The molecule has 4 rings (SSSR count). The van der Waals surface area contributed by atoms with Crippen LogP contribution >= 0.6 is 0 Å². The highest BCUT2D eigenvalue weighted by Gasteiger charge is 2.25. The minimum absolute atomic E-state index is 0.0107. The van der Waals surface area contributed by atoms with Crippen LogP contribution in [0.4, 0.5) is 0 Å². The first kappa shape index (κ1) is 16.2. The number of nitrogens with zero attached hydrogens (tertiary/aromatic N) is 2. The Labute approximate surface area is 148 Å². The van der Waals surface area contributed by atoms with E-state index < -0.39 is 0 Å². The van der Waals surface area contributed by atoms with Crippen molar-refractivity contribution in [1.82, 2.24) is 15.1 Å². The largest absolute Gasteiger partial charge is 0.493 e. The number of fused-ring (bicyclic) bond motifs is 2. The van der Waals surface area contributed by atoms with Gasteiger partial charge in [-0.2, -0.15) is 5.10 Å². The third kappa shape index (κ3) is 3.28. The van der Waals surface area contributed by atoms with Gasteiger partial charge in [-0.25, -0.2) is 0 Å². The normalized spacial score (nSPS) is 19.3. The molecule has 1 atom stereocenters. The summed E-state index contributed by atoms with van der Waals surface area (Å²) in [4.78, 5) is 12.8. The van der Waals surface area contributed by atoms with E-state index in [0.717, 1.165) is 54.8 Å². The molecule has 2 aliphatic rings. The van der Waals surface area contributed by atoms with Gasteiger partial charge in [0, 0.05) is 19.2 Å². The summed E-state index contributed by atoms with van der Waals surface area (Å²) in [5.74, 6) is 1.39. The van der Waals surface area contributed by atoms with Crippen LogP contribution < -0.4 is 10.1 Å². The van der Waals surface area contributed by atoms with Gasteiger partial charge in [-0.15, -0.1) is 0 Å². The Balaban J connectivity index is 1.43. The molecule has 132 valence electrons. The number of ether oxygens (including phenoxy) is 1. The molecule has 25 heavy (non-hydrogen) atoms. The Bertz CT molecular complexity index is 781. The van der Waals surface area contributed by atoms with Gasteiger partial charge in [0.25, 0.3) is 5.91 Å². The van der Waals surface area contributed by atoms with E-state index in [-0.39, 0.29) is 5.91 Å². The second-order valence-electron chi connectivity index (χ2n) is 7.13. The molecule has 0 saturated heterocycles. The summed E-state index contributed by atoms with van der Waals surface area (Å²) < 4.78 is 7.59. The van der Waals surface area contributed by atoms with E-state index in [9.17, 15) is 4.79 Å². The molecular formula is C20H25N3O2. The van der Waals surface area contributed by atoms with E-state index in [1.54, 1.807) is 4.68 Å². The predicted octanol–water partition coefficient (Wildman–Crippen LogP) is 2.67. The van der Waals surface area contributed by atoms with Crippen LogP contribution in [0.15, 0.2) is 24.3 Å². The smallest absolute Gasteiger partial charge is 0.269 e. The average molecular weight is 339 g/mol. The number of hydrogen-bond donors (Lipinski definition) is 1. The van der Waals surface area contributed by atoms with Crippen molar-refractivity contribution in [3.63, 3.8) is 0 Å². The van der Waals surface area contributed by atoms with E-state index in [0.29, 0.717) is 19.1 Å². The summed E-state index contributed by atoms with van der Waals surface area (Å²) in [6, 6.07) is 8.20. The summed E-state index contributed by atoms with van der Waals surface area (Å²) in [7, 11) is 1.88. The van der Waals surface area contributed by atoms with Crippen LogP contribution in [0, 0.1) is 5.92 Å². The summed E-state index contributed by atoms with van der Waals surface area (Å²) in [6.45, 7) is 1.38. The van der Waals surface area contributed by atoms with Crippen LogP contribution in [0.5, 0.6) is 5.75 Å². The molecule has 5 nitrogen and oxygen atoms in total. The second kappa shape index (κ2) is 6.90. The van der Waals surface area contributed by atoms with Crippen molar-refractivity contribution in [2.75, 3.05) is 13.2 Å². The quantitative estimate of drug-likeness (QED) is 0.935. The van der Waals surface area contributed by atoms with Gasteiger partial charge in [-0.1, -0.05) is 18.2 Å². The number of amides is 1. The van der Waals surface area contributed by atoms with Gasteiger partial charge < -0.3 is 10.1 Å². The highest BCUT2D eigenvalue weighted by atomic mass is 16.5. The number of nitrogens with one attached hydrogen (secondary N) is 1. The van der Waals surface area contributed by atoms with Gasteiger partial charge in [-0.3, -0.25) is 9.48 Å². The molecule has 5 heteroatoms. The van der Waals surface area contributed by atoms with E-state index in [1.807, 2.05) is 25.2 Å². The SMILES string of the molecule is Cn1nc2c(c1C(=O)NC[C@H]1CCOc3ccccc3C1)CCCC2. The molecule has 2 heterocycles. The number of rotatable bonds is 3. The van der Waals surface area contributed by atoms with Crippen LogP contribution in [-0.4, -0.2) is 28.8 Å². The standard InChI is InChI=1S/C20H25N3O2/c1-23-19(16-7-3-4-8-17(16)22-23)20(24)21-13-14-10-11-25-18-9-5-2-6-15(18)12-14/h2,5-6,9,14H,3-4,7-8,10-13H2,1H3,(H,21,24)/t14-/m0/s1. The molecule has 1 aromatic heterocycles.